The number of nitrogens with zero attached hydrogens (tertiary/aromatic N) is 3. The van der Waals surface area contributed by atoms with Crippen LogP contribution in [0.3, 0.4) is 0 Å². The molecule has 0 unspecified atom stereocenters. The number of hydrogen-bond acceptors (Lipinski definition) is 4. The van der Waals surface area contributed by atoms with Crippen LogP contribution in [0.5, 0.6) is 0 Å². The van der Waals surface area contributed by atoms with Crippen LogP contribution in [0.4, 0.5) is 14.6 Å². The normalized spacial score (nSPS) is 15.6. The molecule has 0 saturated carbocycles. The molecule has 1 fully saturated rings. The van der Waals surface area contributed by atoms with Gasteiger partial charge in [0.2, 0.25) is 15.9 Å². The SMILES string of the molecule is O=C(Nc1ccnn1Cc1ccccc1)C1CCN(S(=O)(=O)c2ccc(F)c(F)c2)CC1. The van der Waals surface area contributed by atoms with Crippen LogP contribution in [0.1, 0.15) is 18.4 Å². The van der Waals surface area contributed by atoms with Crippen molar-refractivity contribution in [2.24, 2.45) is 5.92 Å². The van der Waals surface area contributed by atoms with Crippen molar-refractivity contribution in [3.63, 3.8) is 0 Å². The van der Waals surface area contributed by atoms with Gasteiger partial charge in [0.15, 0.2) is 11.6 Å². The first kappa shape index (κ1) is 22.1. The number of anilines is 1. The Bertz CT molecular complexity index is 1210. The summed E-state index contributed by atoms with van der Waals surface area (Å²) in [7, 11) is -3.96. The van der Waals surface area contributed by atoms with E-state index in [4.69, 9.17) is 0 Å². The number of piperidine rings is 1. The first-order chi connectivity index (χ1) is 15.3. The highest BCUT2D eigenvalue weighted by molar-refractivity contribution is 7.89. The van der Waals surface area contributed by atoms with E-state index in [-0.39, 0.29) is 29.8 Å². The van der Waals surface area contributed by atoms with Gasteiger partial charge in [-0.1, -0.05) is 30.3 Å². The fourth-order valence-corrected chi connectivity index (χ4v) is 5.18. The number of aromatic nitrogens is 2. The number of hydrogen-bond donors (Lipinski definition) is 1. The number of amides is 1. The Morgan fingerprint density at radius 2 is 1.75 bits per heavy atom. The maximum atomic E-state index is 13.5. The maximum absolute atomic E-state index is 13.5. The highest BCUT2D eigenvalue weighted by atomic mass is 32.2. The molecule has 0 atom stereocenters. The van der Waals surface area contributed by atoms with Crippen LogP contribution in [0.2, 0.25) is 0 Å². The lowest BCUT2D eigenvalue weighted by Gasteiger charge is -2.30. The first-order valence-electron chi connectivity index (χ1n) is 10.2. The second kappa shape index (κ2) is 9.17. The van der Waals surface area contributed by atoms with Crippen LogP contribution >= 0.6 is 0 Å². The molecule has 2 aromatic carbocycles. The predicted octanol–water partition coefficient (Wildman–Crippen LogP) is 3.25. The average Bonchev–Trinajstić information content (AvgIpc) is 3.22. The van der Waals surface area contributed by atoms with Gasteiger partial charge in [-0.2, -0.15) is 9.40 Å². The Labute approximate surface area is 184 Å². The summed E-state index contributed by atoms with van der Waals surface area (Å²) in [5.74, 6) is -2.33. The van der Waals surface area contributed by atoms with E-state index in [1.807, 2.05) is 30.3 Å². The molecule has 1 aromatic heterocycles. The van der Waals surface area contributed by atoms with E-state index < -0.39 is 21.7 Å². The summed E-state index contributed by atoms with van der Waals surface area (Å²) >= 11 is 0. The average molecular weight is 461 g/mol. The zero-order valence-electron chi connectivity index (χ0n) is 17.1. The molecule has 4 rings (SSSR count). The Balaban J connectivity index is 1.37. The molecule has 0 aliphatic carbocycles. The number of carbonyl (C=O) groups is 1. The van der Waals surface area contributed by atoms with Crippen LogP contribution in [0, 0.1) is 17.6 Å². The molecule has 0 bridgehead atoms. The molecule has 3 aromatic rings. The maximum Gasteiger partial charge on any atom is 0.243 e. The third kappa shape index (κ3) is 4.71. The van der Waals surface area contributed by atoms with Crippen LogP contribution in [0.15, 0.2) is 65.7 Å². The minimum absolute atomic E-state index is 0.114. The minimum Gasteiger partial charge on any atom is -0.311 e. The standard InChI is InChI=1S/C22H22F2N4O3S/c23-19-7-6-18(14-20(19)24)32(30,31)27-12-9-17(10-13-27)22(29)26-21-8-11-25-28(21)15-16-4-2-1-3-5-16/h1-8,11,14,17H,9-10,12-13,15H2,(H,26,29). The summed E-state index contributed by atoms with van der Waals surface area (Å²) in [6.45, 7) is 0.736. The predicted molar refractivity (Wildman–Crippen MR) is 114 cm³/mol. The first-order valence-corrected chi connectivity index (χ1v) is 11.6. The van der Waals surface area contributed by atoms with Gasteiger partial charge >= 0.3 is 0 Å². The summed E-state index contributed by atoms with van der Waals surface area (Å²) in [6, 6.07) is 13.9. The molecular formula is C22H22F2N4O3S. The van der Waals surface area contributed by atoms with Gasteiger partial charge in [0, 0.05) is 25.1 Å². The Kier molecular flexibility index (Phi) is 6.33. The van der Waals surface area contributed by atoms with Gasteiger partial charge in [0.25, 0.3) is 0 Å². The van der Waals surface area contributed by atoms with Crippen molar-refractivity contribution in [2.45, 2.75) is 24.3 Å². The Hall–Kier alpha value is -3.11. The lowest BCUT2D eigenvalue weighted by molar-refractivity contribution is -0.121. The van der Waals surface area contributed by atoms with E-state index in [9.17, 15) is 22.0 Å². The van der Waals surface area contributed by atoms with Crippen molar-refractivity contribution in [3.8, 4) is 0 Å². The second-order valence-electron chi connectivity index (χ2n) is 7.60. The topological polar surface area (TPSA) is 84.3 Å². The van der Waals surface area contributed by atoms with E-state index >= 15 is 0 Å². The van der Waals surface area contributed by atoms with Gasteiger partial charge < -0.3 is 5.32 Å². The summed E-state index contributed by atoms with van der Waals surface area (Å²) in [6.07, 6.45) is 2.25. The minimum atomic E-state index is -3.96. The van der Waals surface area contributed by atoms with Gasteiger partial charge in [-0.15, -0.1) is 0 Å². The molecule has 1 aliphatic rings. The lowest BCUT2D eigenvalue weighted by Crippen LogP contribution is -2.41. The fraction of sp³-hybridized carbons (Fsp3) is 0.273. The highest BCUT2D eigenvalue weighted by Crippen LogP contribution is 2.26. The van der Waals surface area contributed by atoms with E-state index in [1.54, 1.807) is 16.9 Å². The largest absolute Gasteiger partial charge is 0.311 e. The smallest absolute Gasteiger partial charge is 0.243 e. The van der Waals surface area contributed by atoms with E-state index in [0.29, 0.717) is 31.3 Å². The van der Waals surface area contributed by atoms with Crippen molar-refractivity contribution in [2.75, 3.05) is 18.4 Å². The Morgan fingerprint density at radius 3 is 2.44 bits per heavy atom. The van der Waals surface area contributed by atoms with Gasteiger partial charge in [0.1, 0.15) is 5.82 Å². The van der Waals surface area contributed by atoms with Gasteiger partial charge in [0.05, 0.1) is 17.6 Å². The second-order valence-corrected chi connectivity index (χ2v) is 9.54. The molecule has 7 nitrogen and oxygen atoms in total. The molecule has 10 heteroatoms. The molecule has 1 amide bonds. The molecule has 1 aliphatic heterocycles. The molecule has 2 heterocycles. The molecule has 1 saturated heterocycles. The molecule has 0 radical (unpaired) electrons. The summed E-state index contributed by atoms with van der Waals surface area (Å²) < 4.78 is 55.0. The van der Waals surface area contributed by atoms with Crippen LogP contribution in [-0.4, -0.2) is 41.5 Å². The summed E-state index contributed by atoms with van der Waals surface area (Å²) in [4.78, 5) is 12.5. The van der Waals surface area contributed by atoms with Crippen molar-refractivity contribution >= 4 is 21.7 Å². The number of rotatable bonds is 6. The molecule has 0 spiro atoms. The van der Waals surface area contributed by atoms with Crippen molar-refractivity contribution in [1.29, 1.82) is 0 Å². The number of halogens is 2. The quantitative estimate of drug-likeness (QED) is 0.612. The van der Waals surface area contributed by atoms with Gasteiger partial charge in [-0.25, -0.2) is 21.9 Å². The number of nitrogens with one attached hydrogen (secondary N) is 1. The van der Waals surface area contributed by atoms with E-state index in [1.165, 1.54) is 4.31 Å². The summed E-state index contributed by atoms with van der Waals surface area (Å²) in [5.41, 5.74) is 1.04. The monoisotopic (exact) mass is 460 g/mol. The molecule has 1 N–H and O–H groups in total. The van der Waals surface area contributed by atoms with E-state index in [0.717, 1.165) is 17.7 Å². The third-order valence-electron chi connectivity index (χ3n) is 5.50. The zero-order chi connectivity index (χ0) is 22.7. The highest BCUT2D eigenvalue weighted by Gasteiger charge is 2.32. The summed E-state index contributed by atoms with van der Waals surface area (Å²) in [5, 5.41) is 7.14. The van der Waals surface area contributed by atoms with E-state index in [2.05, 4.69) is 10.4 Å². The van der Waals surface area contributed by atoms with Crippen LogP contribution in [-0.2, 0) is 21.4 Å². The lowest BCUT2D eigenvalue weighted by atomic mass is 9.97. The number of benzene rings is 2. The van der Waals surface area contributed by atoms with Crippen molar-refractivity contribution in [1.82, 2.24) is 14.1 Å². The van der Waals surface area contributed by atoms with Crippen LogP contribution < -0.4 is 5.32 Å². The van der Waals surface area contributed by atoms with Gasteiger partial charge in [-0.3, -0.25) is 4.79 Å². The zero-order valence-corrected chi connectivity index (χ0v) is 17.9. The molecular weight excluding hydrogens is 438 g/mol. The molecule has 168 valence electrons. The van der Waals surface area contributed by atoms with Crippen LogP contribution in [0.25, 0.3) is 0 Å². The Morgan fingerprint density at radius 1 is 1.03 bits per heavy atom. The van der Waals surface area contributed by atoms with Crippen molar-refractivity contribution < 1.29 is 22.0 Å². The number of carbonyl (C=O) groups excluding carboxylic acids is 1. The fourth-order valence-electron chi connectivity index (χ4n) is 3.69. The van der Waals surface area contributed by atoms with Gasteiger partial charge in [-0.05, 0) is 36.6 Å². The number of sulfonamides is 1. The van der Waals surface area contributed by atoms with Crippen molar-refractivity contribution in [3.05, 3.63) is 78.0 Å². The molecule has 32 heavy (non-hydrogen) atoms. The third-order valence-corrected chi connectivity index (χ3v) is 7.39.